The molecule has 3 N–H and O–H groups in total. The van der Waals surface area contributed by atoms with Crippen LogP contribution in [0, 0.1) is 0 Å². The maximum Gasteiger partial charge on any atom is 0.170 e. The van der Waals surface area contributed by atoms with Crippen LogP contribution in [-0.4, -0.2) is 17.4 Å². The van der Waals surface area contributed by atoms with E-state index in [1.54, 1.807) is 0 Å². The molecule has 0 heterocycles. The van der Waals surface area contributed by atoms with Gasteiger partial charge in [0.1, 0.15) is 0 Å². The zero-order chi connectivity index (χ0) is 8.91. The molecule has 0 aromatic carbocycles. The molecule has 0 saturated heterocycles. The molecule has 1 atom stereocenters. The van der Waals surface area contributed by atoms with Gasteiger partial charge in [-0.25, -0.2) is 0 Å². The van der Waals surface area contributed by atoms with Crippen LogP contribution in [0.1, 0.15) is 19.8 Å². The lowest BCUT2D eigenvalue weighted by atomic mass is 10.4. The number of rotatable bonds is 5. The first-order valence-corrected chi connectivity index (χ1v) is 10.5. The van der Waals surface area contributed by atoms with E-state index in [-0.39, 0.29) is 6.15 Å². The quantitative estimate of drug-likeness (QED) is 0.704. The minimum absolute atomic E-state index is 0. The van der Waals surface area contributed by atoms with Gasteiger partial charge in [0.2, 0.25) is 0 Å². The molecule has 0 aliphatic carbocycles. The van der Waals surface area contributed by atoms with Crippen molar-refractivity contribution < 1.29 is 4.12 Å². The molecule has 0 aliphatic rings. The Morgan fingerprint density at radius 3 is 2.08 bits per heavy atom. The summed E-state index contributed by atoms with van der Waals surface area (Å²) < 4.78 is 6.02. The van der Waals surface area contributed by atoms with Gasteiger partial charge in [-0.05, 0) is 32.2 Å². The van der Waals surface area contributed by atoms with E-state index in [1.807, 2.05) is 0 Å². The smallest absolute Gasteiger partial charge is 0.170 e. The fourth-order valence-corrected chi connectivity index (χ4v) is 7.44. The van der Waals surface area contributed by atoms with Gasteiger partial charge in [0, 0.05) is 0 Å². The van der Waals surface area contributed by atoms with Crippen molar-refractivity contribution in [2.24, 2.45) is 0 Å². The van der Waals surface area contributed by atoms with E-state index < -0.39 is 17.4 Å². The van der Waals surface area contributed by atoms with Crippen molar-refractivity contribution in [3.05, 3.63) is 0 Å². The molecule has 1 unspecified atom stereocenters. The van der Waals surface area contributed by atoms with Crippen LogP contribution < -0.4 is 6.15 Å². The summed E-state index contributed by atoms with van der Waals surface area (Å²) >= 11 is 0. The average molecular weight is 207 g/mol. The van der Waals surface area contributed by atoms with Crippen molar-refractivity contribution in [1.29, 1.82) is 0 Å². The van der Waals surface area contributed by atoms with Crippen LogP contribution in [0.15, 0.2) is 0 Å². The van der Waals surface area contributed by atoms with Crippen LogP contribution in [-0.2, 0) is 4.12 Å². The van der Waals surface area contributed by atoms with Crippen LogP contribution in [0.3, 0.4) is 0 Å². The van der Waals surface area contributed by atoms with Crippen LogP contribution in [0.4, 0.5) is 0 Å². The third-order valence-electron chi connectivity index (χ3n) is 1.52. The van der Waals surface area contributed by atoms with Gasteiger partial charge in [-0.3, -0.25) is 0 Å². The van der Waals surface area contributed by atoms with Gasteiger partial charge < -0.3 is 10.3 Å². The summed E-state index contributed by atoms with van der Waals surface area (Å²) in [5.74, 6) is 0. The standard InChI is InChI=1S/C8H22OSi2.H3N/c1-6-7-8-10(2)9-11(3,4)5;/h10H,6-8H2,1-5H3;1H3. The normalized spacial score (nSPS) is 13.8. The Hall–Kier alpha value is 0.354. The summed E-state index contributed by atoms with van der Waals surface area (Å²) in [6, 6.07) is 1.36. The van der Waals surface area contributed by atoms with Crippen LogP contribution >= 0.6 is 0 Å². The van der Waals surface area contributed by atoms with E-state index in [1.165, 1.54) is 18.9 Å². The highest BCUT2D eigenvalue weighted by atomic mass is 28.4. The number of unbranched alkanes of at least 4 members (excludes halogenated alkanes) is 1. The van der Waals surface area contributed by atoms with Crippen molar-refractivity contribution in [1.82, 2.24) is 6.15 Å². The lowest BCUT2D eigenvalue weighted by molar-refractivity contribution is 0.568. The topological polar surface area (TPSA) is 44.2 Å². The Balaban J connectivity index is 0. The molecule has 4 heteroatoms. The molecule has 0 bridgehead atoms. The van der Waals surface area contributed by atoms with Crippen LogP contribution in [0.25, 0.3) is 0 Å². The summed E-state index contributed by atoms with van der Waals surface area (Å²) in [5.41, 5.74) is 0. The second-order valence-corrected chi connectivity index (χ2v) is 11.5. The molecule has 0 radical (unpaired) electrons. The van der Waals surface area contributed by atoms with E-state index >= 15 is 0 Å². The van der Waals surface area contributed by atoms with E-state index in [0.29, 0.717) is 0 Å². The largest absolute Gasteiger partial charge is 0.458 e. The molecular formula is C8H25NOSi2. The predicted octanol–water partition coefficient (Wildman–Crippen LogP) is 3.15. The lowest BCUT2D eigenvalue weighted by Crippen LogP contribution is -2.32. The van der Waals surface area contributed by atoms with Gasteiger partial charge in [-0.1, -0.05) is 19.8 Å². The Labute approximate surface area is 80.1 Å². The molecule has 0 rings (SSSR count). The second kappa shape index (κ2) is 6.83. The number of hydrogen-bond acceptors (Lipinski definition) is 2. The maximum absolute atomic E-state index is 6.02. The maximum atomic E-state index is 6.02. The molecule has 2 nitrogen and oxygen atoms in total. The molecule has 0 aromatic rings. The highest BCUT2D eigenvalue weighted by Gasteiger charge is 2.17. The highest BCUT2D eigenvalue weighted by Crippen LogP contribution is 2.09. The summed E-state index contributed by atoms with van der Waals surface area (Å²) in [7, 11) is -1.99. The molecule has 0 saturated carbocycles. The monoisotopic (exact) mass is 207 g/mol. The van der Waals surface area contributed by atoms with E-state index in [0.717, 1.165) is 0 Å². The highest BCUT2D eigenvalue weighted by molar-refractivity contribution is 6.77. The van der Waals surface area contributed by atoms with Crippen molar-refractivity contribution in [3.8, 4) is 0 Å². The minimum atomic E-state index is -1.21. The molecule has 76 valence electrons. The van der Waals surface area contributed by atoms with E-state index in [2.05, 4.69) is 33.1 Å². The Kier molecular flexibility index (Phi) is 8.45. The van der Waals surface area contributed by atoms with Crippen molar-refractivity contribution in [2.45, 2.75) is 52.0 Å². The molecule has 0 fully saturated rings. The van der Waals surface area contributed by atoms with E-state index in [9.17, 15) is 0 Å². The van der Waals surface area contributed by atoms with Crippen molar-refractivity contribution in [3.63, 3.8) is 0 Å². The molecule has 0 aliphatic heterocycles. The third-order valence-corrected chi connectivity index (χ3v) is 7.18. The van der Waals surface area contributed by atoms with Gasteiger partial charge in [0.15, 0.2) is 17.4 Å². The lowest BCUT2D eigenvalue weighted by Gasteiger charge is -2.22. The Bertz CT molecular complexity index is 104. The molecule has 12 heavy (non-hydrogen) atoms. The van der Waals surface area contributed by atoms with Crippen LogP contribution in [0.2, 0.25) is 32.2 Å². The van der Waals surface area contributed by atoms with Crippen LogP contribution in [0.5, 0.6) is 0 Å². The fourth-order valence-electron chi connectivity index (χ4n) is 1.15. The van der Waals surface area contributed by atoms with Gasteiger partial charge in [-0.15, -0.1) is 0 Å². The summed E-state index contributed by atoms with van der Waals surface area (Å²) in [6.07, 6.45) is 2.67. The van der Waals surface area contributed by atoms with Crippen molar-refractivity contribution >= 4 is 17.4 Å². The average Bonchev–Trinajstić information content (AvgIpc) is 1.79. The predicted molar refractivity (Wildman–Crippen MR) is 62.2 cm³/mol. The number of hydrogen-bond donors (Lipinski definition) is 1. The Morgan fingerprint density at radius 2 is 1.75 bits per heavy atom. The molecule has 0 spiro atoms. The Morgan fingerprint density at radius 1 is 1.25 bits per heavy atom. The summed E-state index contributed by atoms with van der Waals surface area (Å²) in [6.45, 7) is 11.4. The first-order valence-electron chi connectivity index (χ1n) is 4.63. The minimum Gasteiger partial charge on any atom is -0.458 e. The molecule has 0 aromatic heterocycles. The second-order valence-electron chi connectivity index (χ2n) is 4.18. The van der Waals surface area contributed by atoms with E-state index in [4.69, 9.17) is 4.12 Å². The summed E-state index contributed by atoms with van der Waals surface area (Å²) in [5, 5.41) is 0. The summed E-state index contributed by atoms with van der Waals surface area (Å²) in [4.78, 5) is 0. The van der Waals surface area contributed by atoms with Gasteiger partial charge in [-0.2, -0.15) is 0 Å². The zero-order valence-corrected chi connectivity index (χ0v) is 11.5. The van der Waals surface area contributed by atoms with Crippen molar-refractivity contribution in [2.75, 3.05) is 0 Å². The van der Waals surface area contributed by atoms with Gasteiger partial charge in [0.05, 0.1) is 0 Å². The first kappa shape index (κ1) is 14.9. The van der Waals surface area contributed by atoms with Gasteiger partial charge >= 0.3 is 0 Å². The zero-order valence-electron chi connectivity index (χ0n) is 9.31. The fraction of sp³-hybridized carbons (Fsp3) is 1.00. The first-order chi connectivity index (χ1) is 4.95. The molecule has 0 amide bonds. The third kappa shape index (κ3) is 10.4. The SMILES string of the molecule is CCCC[SiH](C)O[Si](C)(C)C.N. The van der Waals surface area contributed by atoms with Gasteiger partial charge in [0.25, 0.3) is 0 Å². The molecular weight excluding hydrogens is 182 g/mol.